The van der Waals surface area contributed by atoms with Gasteiger partial charge in [-0.05, 0) is 67.3 Å². The van der Waals surface area contributed by atoms with Crippen LogP contribution in [0, 0.1) is 23.7 Å². The van der Waals surface area contributed by atoms with Crippen LogP contribution in [0.15, 0.2) is 79.0 Å². The Bertz CT molecular complexity index is 2150. The number of alkyl halides is 3. The van der Waals surface area contributed by atoms with Crippen molar-refractivity contribution < 1.29 is 37.5 Å². The summed E-state index contributed by atoms with van der Waals surface area (Å²) < 4.78 is 40.5. The summed E-state index contributed by atoms with van der Waals surface area (Å²) in [6.45, 7) is 3.82. The number of pyridine rings is 1. The summed E-state index contributed by atoms with van der Waals surface area (Å²) in [5.41, 5.74) is 1.66. The molecule has 3 heterocycles. The van der Waals surface area contributed by atoms with Gasteiger partial charge in [-0.15, -0.1) is 6.58 Å². The molecule has 2 aliphatic heterocycles. The topological polar surface area (TPSA) is 120 Å². The minimum atomic E-state index is -4.75. The van der Waals surface area contributed by atoms with Crippen LogP contribution in [0.3, 0.4) is 0 Å². The second kappa shape index (κ2) is 13.8. The molecule has 14 heteroatoms. The predicted molar refractivity (Wildman–Crippen MR) is 198 cm³/mol. The van der Waals surface area contributed by atoms with Crippen LogP contribution >= 0.6 is 23.2 Å². The van der Waals surface area contributed by atoms with Crippen molar-refractivity contribution in [3.63, 3.8) is 0 Å². The van der Waals surface area contributed by atoms with Gasteiger partial charge in [0.15, 0.2) is 5.82 Å². The van der Waals surface area contributed by atoms with E-state index in [0.29, 0.717) is 46.0 Å². The third-order valence-electron chi connectivity index (χ3n) is 12.4. The Hall–Kier alpha value is -4.68. The highest BCUT2D eigenvalue weighted by Crippen LogP contribution is 2.65. The number of amides is 4. The molecule has 9 nitrogen and oxygen atoms in total. The molecule has 2 N–H and O–H groups in total. The van der Waals surface area contributed by atoms with Crippen LogP contribution in [0.4, 0.5) is 19.0 Å². The SMILES string of the molecule is C=CCc1cccc(C2C3=CCC4C(=O)N(C5CCCCC5)C(=O)C4C3CC3C(=O)N(Nc4ncc(C(F)(F)F)cc4Cl)C(=O)C32c2ccc(Cl)cc2)c1O. The van der Waals surface area contributed by atoms with Crippen LogP contribution < -0.4 is 5.43 Å². The second-order valence-corrected chi connectivity index (χ2v) is 15.9. The molecule has 55 heavy (non-hydrogen) atoms. The lowest BCUT2D eigenvalue weighted by Gasteiger charge is -2.50. The van der Waals surface area contributed by atoms with Crippen molar-refractivity contribution in [2.75, 3.05) is 5.43 Å². The molecule has 6 unspecified atom stereocenters. The fourth-order valence-corrected chi connectivity index (χ4v) is 10.3. The summed E-state index contributed by atoms with van der Waals surface area (Å²) in [4.78, 5) is 64.2. The largest absolute Gasteiger partial charge is 0.507 e. The van der Waals surface area contributed by atoms with E-state index in [4.69, 9.17) is 23.2 Å². The number of phenols is 1. The van der Waals surface area contributed by atoms with E-state index in [1.165, 1.54) is 4.90 Å². The van der Waals surface area contributed by atoms with Gasteiger partial charge in [-0.1, -0.05) is 90.5 Å². The van der Waals surface area contributed by atoms with Crippen LogP contribution in [0.2, 0.25) is 10.0 Å². The first-order valence-electron chi connectivity index (χ1n) is 18.4. The summed E-state index contributed by atoms with van der Waals surface area (Å²) in [6, 6.07) is 12.1. The van der Waals surface area contributed by atoms with Crippen LogP contribution in [-0.4, -0.2) is 49.7 Å². The molecule has 3 aliphatic carbocycles. The molecule has 286 valence electrons. The van der Waals surface area contributed by atoms with Gasteiger partial charge in [0, 0.05) is 28.7 Å². The van der Waals surface area contributed by atoms with Gasteiger partial charge in [0.25, 0.3) is 11.8 Å². The number of hydrazine groups is 1. The zero-order valence-corrected chi connectivity index (χ0v) is 31.0. The fourth-order valence-electron chi connectivity index (χ4n) is 10.0. The standard InChI is InChI=1S/C41H37Cl2F3N4O5/c1-2-7-21-8-6-11-28(34(21)51)33-26-16-17-27-32(38(54)49(36(27)52)25-9-4-3-5-10-25)29(26)19-30-37(53)50(39(55)40(30,33)22-12-14-24(42)15-13-22)48-35-31(43)18-23(20-47-35)41(44,45)46/h2,6,8,11-16,18,20,25,27,29-30,32-33,51H,1,3-5,7,9-10,17,19H2,(H,47,48). The molecule has 1 aromatic heterocycles. The van der Waals surface area contributed by atoms with Gasteiger partial charge >= 0.3 is 6.18 Å². The molecule has 2 saturated carbocycles. The smallest absolute Gasteiger partial charge is 0.417 e. The van der Waals surface area contributed by atoms with Crippen LogP contribution in [0.1, 0.15) is 73.1 Å². The number of anilines is 1. The molecule has 4 amide bonds. The number of rotatable bonds is 7. The van der Waals surface area contributed by atoms with E-state index in [1.807, 2.05) is 6.08 Å². The van der Waals surface area contributed by atoms with Gasteiger partial charge in [0.2, 0.25) is 11.8 Å². The Morgan fingerprint density at radius 1 is 0.982 bits per heavy atom. The highest BCUT2D eigenvalue weighted by Gasteiger charge is 2.71. The normalized spacial score (nSPS) is 28.2. The predicted octanol–water partition coefficient (Wildman–Crippen LogP) is 8.16. The van der Waals surface area contributed by atoms with Crippen molar-refractivity contribution >= 4 is 52.6 Å². The minimum absolute atomic E-state index is 0.00626. The van der Waals surface area contributed by atoms with E-state index in [1.54, 1.807) is 48.5 Å². The average molecular weight is 794 g/mol. The van der Waals surface area contributed by atoms with Crippen molar-refractivity contribution in [1.82, 2.24) is 14.9 Å². The Morgan fingerprint density at radius 3 is 2.38 bits per heavy atom. The monoisotopic (exact) mass is 792 g/mol. The minimum Gasteiger partial charge on any atom is -0.507 e. The highest BCUT2D eigenvalue weighted by atomic mass is 35.5. The number of benzene rings is 2. The number of halogens is 5. The third-order valence-corrected chi connectivity index (χ3v) is 12.9. The van der Waals surface area contributed by atoms with E-state index in [9.17, 15) is 32.7 Å². The number of aromatic hydroxyl groups is 1. The maximum absolute atomic E-state index is 15.4. The molecule has 6 atom stereocenters. The number of allylic oxidation sites excluding steroid dienone is 3. The number of phenolic OH excluding ortho intramolecular Hbond substituents is 1. The summed E-state index contributed by atoms with van der Waals surface area (Å²) in [7, 11) is 0. The molecule has 0 spiro atoms. The van der Waals surface area contributed by atoms with Crippen LogP contribution in [0.25, 0.3) is 0 Å². The maximum Gasteiger partial charge on any atom is 0.417 e. The quantitative estimate of drug-likeness (QED) is 0.183. The molecule has 4 fully saturated rings. The third kappa shape index (κ3) is 5.77. The molecular formula is C41H37Cl2F3N4O5. The number of hydrogen-bond donors (Lipinski definition) is 2. The number of nitrogens with zero attached hydrogens (tertiary/aromatic N) is 3. The molecule has 0 bridgehead atoms. The van der Waals surface area contributed by atoms with Gasteiger partial charge in [-0.3, -0.25) is 29.5 Å². The Labute approximate surface area is 325 Å². The first-order chi connectivity index (χ1) is 26.3. The lowest BCUT2D eigenvalue weighted by atomic mass is 9.49. The number of carbonyl (C=O) groups is 4. The van der Waals surface area contributed by atoms with Crippen LogP contribution in [-0.2, 0) is 37.2 Å². The average Bonchev–Trinajstić information content (AvgIpc) is 3.54. The number of hydrogen-bond acceptors (Lipinski definition) is 7. The zero-order valence-electron chi connectivity index (χ0n) is 29.5. The van der Waals surface area contributed by atoms with Crippen molar-refractivity contribution in [2.24, 2.45) is 23.7 Å². The van der Waals surface area contributed by atoms with Gasteiger partial charge in [0.1, 0.15) is 5.75 Å². The molecule has 8 rings (SSSR count). The van der Waals surface area contributed by atoms with E-state index in [-0.39, 0.29) is 42.3 Å². The lowest BCUT2D eigenvalue weighted by molar-refractivity contribution is -0.144. The summed E-state index contributed by atoms with van der Waals surface area (Å²) in [5, 5.41) is 12.6. The maximum atomic E-state index is 15.4. The van der Waals surface area contributed by atoms with E-state index < -0.39 is 63.6 Å². The lowest BCUT2D eigenvalue weighted by Crippen LogP contribution is -2.53. The zero-order chi connectivity index (χ0) is 39.0. The van der Waals surface area contributed by atoms with Gasteiger partial charge < -0.3 is 5.11 Å². The molecule has 2 saturated heterocycles. The van der Waals surface area contributed by atoms with E-state index in [0.717, 1.165) is 37.1 Å². The number of nitrogens with one attached hydrogen (secondary N) is 1. The van der Waals surface area contributed by atoms with Crippen molar-refractivity contribution in [3.05, 3.63) is 111 Å². The number of likely N-dealkylation sites (tertiary alicyclic amines) is 1. The van der Waals surface area contributed by atoms with E-state index in [2.05, 4.69) is 17.0 Å². The summed E-state index contributed by atoms with van der Waals surface area (Å²) in [6.07, 6.45) is 4.16. The van der Waals surface area contributed by atoms with Gasteiger partial charge in [-0.25, -0.2) is 4.98 Å². The number of para-hydroxylation sites is 1. The Morgan fingerprint density at radius 2 is 1.71 bits per heavy atom. The second-order valence-electron chi connectivity index (χ2n) is 15.1. The number of fused-ring (bicyclic) bond motifs is 4. The van der Waals surface area contributed by atoms with Crippen molar-refractivity contribution in [2.45, 2.75) is 74.9 Å². The van der Waals surface area contributed by atoms with E-state index >= 15 is 4.79 Å². The highest BCUT2D eigenvalue weighted by molar-refractivity contribution is 6.33. The van der Waals surface area contributed by atoms with Crippen molar-refractivity contribution in [3.8, 4) is 5.75 Å². The first kappa shape index (κ1) is 37.3. The summed E-state index contributed by atoms with van der Waals surface area (Å²) >= 11 is 12.6. The number of aromatic nitrogens is 1. The molecule has 0 radical (unpaired) electrons. The fraction of sp³-hybridized carbons (Fsp3) is 0.390. The van der Waals surface area contributed by atoms with Gasteiger partial charge in [0.05, 0.1) is 33.8 Å². The molecule has 2 aromatic carbocycles. The van der Waals surface area contributed by atoms with Crippen LogP contribution in [0.5, 0.6) is 5.75 Å². The number of imide groups is 2. The first-order valence-corrected chi connectivity index (χ1v) is 19.2. The summed E-state index contributed by atoms with van der Waals surface area (Å²) in [5.74, 6) is -6.79. The Kier molecular flexibility index (Phi) is 9.35. The van der Waals surface area contributed by atoms with Crippen molar-refractivity contribution in [1.29, 1.82) is 0 Å². The molecular weight excluding hydrogens is 756 g/mol. The Balaban J connectivity index is 1.32. The molecule has 3 aromatic rings. The molecule has 5 aliphatic rings. The number of carbonyl (C=O) groups excluding carboxylic acids is 4. The van der Waals surface area contributed by atoms with Gasteiger partial charge in [-0.2, -0.15) is 18.2 Å².